The second-order valence-electron chi connectivity index (χ2n) is 6.62. The Labute approximate surface area is 152 Å². The highest BCUT2D eigenvalue weighted by molar-refractivity contribution is 7.09. The van der Waals surface area contributed by atoms with Crippen molar-refractivity contribution in [2.45, 2.75) is 45.9 Å². The molecule has 7 heteroatoms. The van der Waals surface area contributed by atoms with Gasteiger partial charge in [0, 0.05) is 30.7 Å². The maximum Gasteiger partial charge on any atom is 0.144 e. The van der Waals surface area contributed by atoms with Gasteiger partial charge in [-0.25, -0.2) is 9.97 Å². The van der Waals surface area contributed by atoms with E-state index >= 15 is 0 Å². The summed E-state index contributed by atoms with van der Waals surface area (Å²) in [5.74, 6) is 0.577. The van der Waals surface area contributed by atoms with E-state index in [-0.39, 0.29) is 6.04 Å². The van der Waals surface area contributed by atoms with Gasteiger partial charge in [-0.1, -0.05) is 0 Å². The Morgan fingerprint density at radius 1 is 1.40 bits per heavy atom. The van der Waals surface area contributed by atoms with Crippen molar-refractivity contribution in [3.8, 4) is 6.07 Å². The van der Waals surface area contributed by atoms with Gasteiger partial charge in [0.25, 0.3) is 0 Å². The number of β-amino-alcohol motifs (C(OH)–C–C–N with tert-alkyl or cyclic N) is 1. The second kappa shape index (κ2) is 7.48. The number of rotatable bonds is 4. The van der Waals surface area contributed by atoms with Crippen LogP contribution in [0.15, 0.2) is 11.4 Å². The maximum atomic E-state index is 10.6. The molecule has 2 aromatic heterocycles. The molecule has 1 aliphatic heterocycles. The summed E-state index contributed by atoms with van der Waals surface area (Å²) < 4.78 is 0. The number of nitrogens with zero attached hydrogens (tertiary/aromatic N) is 4. The van der Waals surface area contributed by atoms with Gasteiger partial charge in [-0.15, -0.1) is 11.3 Å². The lowest BCUT2D eigenvalue weighted by Gasteiger charge is -2.36. The lowest BCUT2D eigenvalue weighted by atomic mass is 10.0. The molecule has 3 heterocycles. The summed E-state index contributed by atoms with van der Waals surface area (Å²) in [6.45, 7) is 8.04. The molecule has 1 saturated heterocycles. The Balaban J connectivity index is 1.65. The van der Waals surface area contributed by atoms with Crippen molar-refractivity contribution in [3.63, 3.8) is 0 Å². The fraction of sp³-hybridized carbons (Fsp3) is 0.500. The molecule has 0 unspecified atom stereocenters. The van der Waals surface area contributed by atoms with Crippen LogP contribution in [-0.2, 0) is 6.54 Å². The maximum absolute atomic E-state index is 10.6. The molecule has 6 nitrogen and oxygen atoms in total. The molecule has 2 atom stereocenters. The highest BCUT2D eigenvalue weighted by atomic mass is 32.1. The molecule has 2 N–H and O–H groups in total. The summed E-state index contributed by atoms with van der Waals surface area (Å²) in [6, 6.07) is 4.01. The Hall–Kier alpha value is -2.01. The van der Waals surface area contributed by atoms with Gasteiger partial charge in [-0.2, -0.15) is 5.26 Å². The van der Waals surface area contributed by atoms with E-state index in [2.05, 4.69) is 31.6 Å². The monoisotopic (exact) mass is 357 g/mol. The molecule has 0 radical (unpaired) electrons. The number of hydrogen-bond donors (Lipinski definition) is 2. The Morgan fingerprint density at radius 2 is 2.20 bits per heavy atom. The molecule has 1 aliphatic rings. The van der Waals surface area contributed by atoms with Gasteiger partial charge in [-0.05, 0) is 38.8 Å². The minimum atomic E-state index is -0.511. The fourth-order valence-electron chi connectivity index (χ4n) is 3.28. The third-order valence-electron chi connectivity index (χ3n) is 4.50. The van der Waals surface area contributed by atoms with Crippen LogP contribution in [0.4, 0.5) is 5.82 Å². The van der Waals surface area contributed by atoms with Crippen molar-refractivity contribution in [3.05, 3.63) is 39.0 Å². The number of nitriles is 1. The van der Waals surface area contributed by atoms with Crippen LogP contribution in [0.2, 0.25) is 0 Å². The Kier molecular flexibility index (Phi) is 5.33. The van der Waals surface area contributed by atoms with Crippen LogP contribution in [0.5, 0.6) is 0 Å². The molecule has 0 aromatic carbocycles. The first-order valence-electron chi connectivity index (χ1n) is 8.42. The van der Waals surface area contributed by atoms with Crippen LogP contribution < -0.4 is 5.32 Å². The highest BCUT2D eigenvalue weighted by Crippen LogP contribution is 2.22. The SMILES string of the molecule is Cc1cc(C)c(C#N)c(N[C@@H]2CCN(Cc3csc(C)n3)C[C@H]2O)n1. The minimum absolute atomic E-state index is 0.103. The molecule has 132 valence electrons. The van der Waals surface area contributed by atoms with Gasteiger partial charge in [0.1, 0.15) is 11.9 Å². The minimum Gasteiger partial charge on any atom is -0.390 e. The summed E-state index contributed by atoms with van der Waals surface area (Å²) >= 11 is 1.65. The number of likely N-dealkylation sites (tertiary alicyclic amines) is 1. The molecule has 0 spiro atoms. The molecule has 0 bridgehead atoms. The van der Waals surface area contributed by atoms with Crippen molar-refractivity contribution in [1.29, 1.82) is 5.26 Å². The number of piperidine rings is 1. The first-order chi connectivity index (χ1) is 12.0. The van der Waals surface area contributed by atoms with Crippen LogP contribution in [-0.4, -0.2) is 45.2 Å². The van der Waals surface area contributed by atoms with E-state index < -0.39 is 6.10 Å². The molecular formula is C18H23N5OS. The normalized spacial score (nSPS) is 21.1. The van der Waals surface area contributed by atoms with E-state index in [4.69, 9.17) is 0 Å². The van der Waals surface area contributed by atoms with E-state index in [0.29, 0.717) is 17.9 Å². The number of pyridine rings is 1. The van der Waals surface area contributed by atoms with Crippen molar-refractivity contribution in [1.82, 2.24) is 14.9 Å². The van der Waals surface area contributed by atoms with Gasteiger partial charge in [0.2, 0.25) is 0 Å². The highest BCUT2D eigenvalue weighted by Gasteiger charge is 2.29. The standard InChI is InChI=1S/C18H23N5OS/c1-11-6-12(2)20-18(15(11)7-19)22-16-4-5-23(9-17(16)24)8-14-10-25-13(3)21-14/h6,10,16-17,24H,4-5,8-9H2,1-3H3,(H,20,22)/t16-,17-/m1/s1. The van der Waals surface area contributed by atoms with Crippen LogP contribution in [0.3, 0.4) is 0 Å². The molecule has 1 fully saturated rings. The smallest absolute Gasteiger partial charge is 0.144 e. The zero-order valence-corrected chi connectivity index (χ0v) is 15.6. The number of aryl methyl sites for hydroxylation is 3. The number of aliphatic hydroxyl groups is 1. The fourth-order valence-corrected chi connectivity index (χ4v) is 3.88. The lowest BCUT2D eigenvalue weighted by Crippen LogP contribution is -2.49. The summed E-state index contributed by atoms with van der Waals surface area (Å²) in [5.41, 5.74) is 3.38. The number of nitrogens with one attached hydrogen (secondary N) is 1. The van der Waals surface area contributed by atoms with Crippen molar-refractivity contribution >= 4 is 17.2 Å². The molecule has 25 heavy (non-hydrogen) atoms. The predicted molar refractivity (Wildman–Crippen MR) is 98.6 cm³/mol. The lowest BCUT2D eigenvalue weighted by molar-refractivity contribution is 0.0555. The number of hydrogen-bond acceptors (Lipinski definition) is 7. The van der Waals surface area contributed by atoms with Gasteiger partial charge < -0.3 is 10.4 Å². The zero-order valence-electron chi connectivity index (χ0n) is 14.8. The summed E-state index contributed by atoms with van der Waals surface area (Å²) in [4.78, 5) is 11.2. The van der Waals surface area contributed by atoms with Gasteiger partial charge >= 0.3 is 0 Å². The average Bonchev–Trinajstić information content (AvgIpc) is 2.94. The van der Waals surface area contributed by atoms with Crippen LogP contribution in [0, 0.1) is 32.1 Å². The van der Waals surface area contributed by atoms with E-state index in [1.54, 1.807) is 11.3 Å². The number of anilines is 1. The van der Waals surface area contributed by atoms with Gasteiger partial charge in [-0.3, -0.25) is 4.90 Å². The number of aromatic nitrogens is 2. The average molecular weight is 357 g/mol. The summed E-state index contributed by atoms with van der Waals surface area (Å²) in [6.07, 6.45) is 0.284. The largest absolute Gasteiger partial charge is 0.390 e. The van der Waals surface area contributed by atoms with Crippen LogP contribution in [0.1, 0.15) is 33.9 Å². The number of aliphatic hydroxyl groups excluding tert-OH is 1. The quantitative estimate of drug-likeness (QED) is 0.874. The molecular weight excluding hydrogens is 334 g/mol. The van der Waals surface area contributed by atoms with E-state index in [1.807, 2.05) is 26.8 Å². The molecule has 2 aromatic rings. The number of thiazole rings is 1. The van der Waals surface area contributed by atoms with E-state index in [0.717, 1.165) is 41.5 Å². The van der Waals surface area contributed by atoms with Crippen LogP contribution in [0.25, 0.3) is 0 Å². The van der Waals surface area contributed by atoms with E-state index in [9.17, 15) is 10.4 Å². The summed E-state index contributed by atoms with van der Waals surface area (Å²) in [7, 11) is 0. The molecule has 0 saturated carbocycles. The van der Waals surface area contributed by atoms with Crippen molar-refractivity contribution < 1.29 is 5.11 Å². The molecule has 0 amide bonds. The topological polar surface area (TPSA) is 85.1 Å². The first-order valence-corrected chi connectivity index (χ1v) is 9.30. The summed E-state index contributed by atoms with van der Waals surface area (Å²) in [5, 5.41) is 26.4. The second-order valence-corrected chi connectivity index (χ2v) is 7.68. The Bertz CT molecular complexity index is 797. The van der Waals surface area contributed by atoms with Crippen LogP contribution >= 0.6 is 11.3 Å². The third-order valence-corrected chi connectivity index (χ3v) is 5.32. The Morgan fingerprint density at radius 3 is 2.84 bits per heavy atom. The van der Waals surface area contributed by atoms with E-state index in [1.165, 1.54) is 0 Å². The predicted octanol–water partition coefficient (Wildman–Crippen LogP) is 2.38. The molecule has 3 rings (SSSR count). The zero-order chi connectivity index (χ0) is 18.0. The third kappa shape index (κ3) is 4.15. The van der Waals surface area contributed by atoms with Gasteiger partial charge in [0.05, 0.1) is 28.4 Å². The first kappa shape index (κ1) is 17.8. The molecule has 0 aliphatic carbocycles. The van der Waals surface area contributed by atoms with Crippen molar-refractivity contribution in [2.24, 2.45) is 0 Å². The van der Waals surface area contributed by atoms with Crippen molar-refractivity contribution in [2.75, 3.05) is 18.4 Å². The van der Waals surface area contributed by atoms with Gasteiger partial charge in [0.15, 0.2) is 0 Å².